The number of halogens is 2. The highest BCUT2D eigenvalue weighted by atomic mass is 19.3. The molecule has 0 aromatic rings. The highest BCUT2D eigenvalue weighted by Crippen LogP contribution is 2.50. The molecule has 0 saturated heterocycles. The smallest absolute Gasteiger partial charge is 0.251 e. The van der Waals surface area contributed by atoms with E-state index in [1.165, 1.54) is 0 Å². The molecule has 0 heterocycles. The van der Waals surface area contributed by atoms with Gasteiger partial charge in [0.2, 0.25) is 0 Å². The first-order valence-corrected chi connectivity index (χ1v) is 5.35. The summed E-state index contributed by atoms with van der Waals surface area (Å²) in [6, 6.07) is 0. The summed E-state index contributed by atoms with van der Waals surface area (Å²) in [5, 5.41) is 0. The van der Waals surface area contributed by atoms with Crippen molar-refractivity contribution in [2.75, 3.05) is 0 Å². The van der Waals surface area contributed by atoms with E-state index in [2.05, 4.69) is 0 Å². The fraction of sp³-hybridized carbons (Fsp3) is 0.909. The van der Waals surface area contributed by atoms with Gasteiger partial charge in [-0.25, -0.2) is 8.78 Å². The fourth-order valence-electron chi connectivity index (χ4n) is 2.19. The molecule has 2 saturated carbocycles. The molecule has 1 nitrogen and oxygen atoms in total. The van der Waals surface area contributed by atoms with E-state index in [1.807, 2.05) is 6.92 Å². The number of rotatable bonds is 3. The topological polar surface area (TPSA) is 17.1 Å². The predicted molar refractivity (Wildman–Crippen MR) is 49.3 cm³/mol. The number of carbonyl (C=O) groups excluding carboxylic acids is 1. The summed E-state index contributed by atoms with van der Waals surface area (Å²) >= 11 is 0. The SMILES string of the molecule is CC1(C(=O)CC2CCCC2(F)F)CC1. The number of carbonyl (C=O) groups is 1. The molecule has 14 heavy (non-hydrogen) atoms. The highest BCUT2D eigenvalue weighted by molar-refractivity contribution is 5.87. The molecule has 1 atom stereocenters. The van der Waals surface area contributed by atoms with Gasteiger partial charge in [-0.3, -0.25) is 4.79 Å². The quantitative estimate of drug-likeness (QED) is 0.687. The van der Waals surface area contributed by atoms with Crippen molar-refractivity contribution in [2.45, 2.75) is 51.4 Å². The van der Waals surface area contributed by atoms with E-state index in [9.17, 15) is 13.6 Å². The first kappa shape index (κ1) is 10.1. The van der Waals surface area contributed by atoms with Crippen LogP contribution in [0.15, 0.2) is 0 Å². The Hall–Kier alpha value is -0.470. The van der Waals surface area contributed by atoms with Crippen molar-refractivity contribution in [1.29, 1.82) is 0 Å². The van der Waals surface area contributed by atoms with Crippen LogP contribution in [-0.2, 0) is 4.79 Å². The Balaban J connectivity index is 1.94. The molecule has 0 amide bonds. The predicted octanol–water partition coefficient (Wildman–Crippen LogP) is 3.18. The van der Waals surface area contributed by atoms with Crippen LogP contribution in [0.2, 0.25) is 0 Å². The standard InChI is InChI=1S/C11H16F2O/c1-10(5-6-10)9(14)7-8-3-2-4-11(8,12)13/h8H,2-7H2,1H3. The van der Waals surface area contributed by atoms with Gasteiger partial charge < -0.3 is 0 Å². The van der Waals surface area contributed by atoms with Crippen molar-refractivity contribution >= 4 is 5.78 Å². The van der Waals surface area contributed by atoms with Crippen molar-refractivity contribution in [2.24, 2.45) is 11.3 Å². The Bertz CT molecular complexity index is 256. The van der Waals surface area contributed by atoms with Gasteiger partial charge in [-0.1, -0.05) is 6.92 Å². The maximum absolute atomic E-state index is 13.2. The average molecular weight is 202 g/mol. The minimum Gasteiger partial charge on any atom is -0.299 e. The first-order chi connectivity index (χ1) is 6.44. The minimum atomic E-state index is -2.58. The Morgan fingerprint density at radius 3 is 2.43 bits per heavy atom. The summed E-state index contributed by atoms with van der Waals surface area (Å²) in [6.45, 7) is 1.89. The molecule has 2 fully saturated rings. The number of hydrogen-bond donors (Lipinski definition) is 0. The summed E-state index contributed by atoms with van der Waals surface area (Å²) in [6.07, 6.45) is 2.95. The zero-order valence-corrected chi connectivity index (χ0v) is 8.48. The van der Waals surface area contributed by atoms with Crippen molar-refractivity contribution < 1.29 is 13.6 Å². The molecule has 3 heteroatoms. The van der Waals surface area contributed by atoms with Crippen LogP contribution >= 0.6 is 0 Å². The van der Waals surface area contributed by atoms with Gasteiger partial charge in [-0.2, -0.15) is 0 Å². The van der Waals surface area contributed by atoms with Crippen LogP contribution in [0.3, 0.4) is 0 Å². The summed E-state index contributed by atoms with van der Waals surface area (Å²) < 4.78 is 26.5. The van der Waals surface area contributed by atoms with E-state index in [1.54, 1.807) is 0 Å². The Morgan fingerprint density at radius 1 is 1.36 bits per heavy atom. The molecule has 0 aromatic carbocycles. The summed E-state index contributed by atoms with van der Waals surface area (Å²) in [5.74, 6) is -3.20. The Labute approximate surface area is 82.9 Å². The summed E-state index contributed by atoms with van der Waals surface area (Å²) in [5.41, 5.74) is -0.237. The molecule has 2 rings (SSSR count). The number of Topliss-reactive ketones (excluding diaryl/α,β-unsaturated/α-hetero) is 1. The monoisotopic (exact) mass is 202 g/mol. The molecule has 1 unspecified atom stereocenters. The minimum absolute atomic E-state index is 0.0261. The molecule has 0 aliphatic heterocycles. The molecular formula is C11H16F2O. The van der Waals surface area contributed by atoms with Gasteiger partial charge in [-0.05, 0) is 25.7 Å². The lowest BCUT2D eigenvalue weighted by molar-refractivity contribution is -0.128. The number of hydrogen-bond acceptors (Lipinski definition) is 1. The van der Waals surface area contributed by atoms with Crippen LogP contribution in [0.25, 0.3) is 0 Å². The van der Waals surface area contributed by atoms with Gasteiger partial charge in [-0.15, -0.1) is 0 Å². The Kier molecular flexibility index (Phi) is 2.16. The molecular weight excluding hydrogens is 186 g/mol. The fourth-order valence-corrected chi connectivity index (χ4v) is 2.19. The van der Waals surface area contributed by atoms with Gasteiger partial charge >= 0.3 is 0 Å². The molecule has 0 N–H and O–H groups in total. The van der Waals surface area contributed by atoms with Crippen LogP contribution in [0.1, 0.15) is 45.4 Å². The molecule has 80 valence electrons. The van der Waals surface area contributed by atoms with Gasteiger partial charge in [0.25, 0.3) is 5.92 Å². The third-order valence-electron chi connectivity index (χ3n) is 3.76. The van der Waals surface area contributed by atoms with Crippen LogP contribution < -0.4 is 0 Å². The molecule has 0 bridgehead atoms. The molecule has 2 aliphatic carbocycles. The summed E-state index contributed by atoms with van der Waals surface area (Å²) in [4.78, 5) is 11.6. The third kappa shape index (κ3) is 1.69. The van der Waals surface area contributed by atoms with Crippen molar-refractivity contribution in [1.82, 2.24) is 0 Å². The van der Waals surface area contributed by atoms with Crippen molar-refractivity contribution in [3.63, 3.8) is 0 Å². The van der Waals surface area contributed by atoms with E-state index in [4.69, 9.17) is 0 Å². The average Bonchev–Trinajstić information content (AvgIpc) is 2.75. The van der Waals surface area contributed by atoms with Crippen molar-refractivity contribution in [3.8, 4) is 0 Å². The Morgan fingerprint density at radius 2 is 2.00 bits per heavy atom. The second-order valence-corrected chi connectivity index (χ2v) is 5.04. The van der Waals surface area contributed by atoms with E-state index < -0.39 is 11.8 Å². The first-order valence-electron chi connectivity index (χ1n) is 5.35. The second-order valence-electron chi connectivity index (χ2n) is 5.04. The van der Waals surface area contributed by atoms with E-state index in [0.29, 0.717) is 12.8 Å². The lowest BCUT2D eigenvalue weighted by Gasteiger charge is -2.19. The van der Waals surface area contributed by atoms with Gasteiger partial charge in [0, 0.05) is 24.2 Å². The van der Waals surface area contributed by atoms with Gasteiger partial charge in [0.1, 0.15) is 5.78 Å². The zero-order chi connectivity index (χ0) is 10.4. The van der Waals surface area contributed by atoms with Gasteiger partial charge in [0.05, 0.1) is 0 Å². The van der Waals surface area contributed by atoms with E-state index in [-0.39, 0.29) is 24.0 Å². The molecule has 0 spiro atoms. The maximum atomic E-state index is 13.2. The van der Waals surface area contributed by atoms with E-state index in [0.717, 1.165) is 12.8 Å². The normalized spacial score (nSPS) is 32.9. The largest absolute Gasteiger partial charge is 0.299 e. The molecule has 0 radical (unpaired) electrons. The van der Waals surface area contributed by atoms with Crippen LogP contribution in [0, 0.1) is 11.3 Å². The summed E-state index contributed by atoms with van der Waals surface area (Å²) in [7, 11) is 0. The molecule has 0 aromatic heterocycles. The van der Waals surface area contributed by atoms with Crippen LogP contribution in [0.4, 0.5) is 8.78 Å². The van der Waals surface area contributed by atoms with Crippen LogP contribution in [0.5, 0.6) is 0 Å². The third-order valence-corrected chi connectivity index (χ3v) is 3.76. The second kappa shape index (κ2) is 3.01. The van der Waals surface area contributed by atoms with Crippen LogP contribution in [-0.4, -0.2) is 11.7 Å². The molecule has 2 aliphatic rings. The van der Waals surface area contributed by atoms with Gasteiger partial charge in [0.15, 0.2) is 0 Å². The lowest BCUT2D eigenvalue weighted by Crippen LogP contribution is -2.26. The number of alkyl halides is 2. The van der Waals surface area contributed by atoms with E-state index >= 15 is 0 Å². The lowest BCUT2D eigenvalue weighted by atomic mass is 9.91. The zero-order valence-electron chi connectivity index (χ0n) is 8.48. The highest BCUT2D eigenvalue weighted by Gasteiger charge is 2.50. The van der Waals surface area contributed by atoms with Crippen molar-refractivity contribution in [3.05, 3.63) is 0 Å². The number of ketones is 1. The maximum Gasteiger partial charge on any atom is 0.251 e.